The topological polar surface area (TPSA) is 75.5 Å². The lowest BCUT2D eigenvalue weighted by Gasteiger charge is -2.24. The molecule has 0 unspecified atom stereocenters. The lowest BCUT2D eigenvalue weighted by Crippen LogP contribution is -2.25. The molecule has 0 aliphatic rings. The van der Waals surface area contributed by atoms with E-state index in [0.717, 1.165) is 30.6 Å². The van der Waals surface area contributed by atoms with Crippen molar-refractivity contribution in [2.24, 2.45) is 0 Å². The second-order valence-electron chi connectivity index (χ2n) is 7.84. The molecule has 3 rings (SSSR count). The van der Waals surface area contributed by atoms with Gasteiger partial charge in [0, 0.05) is 36.6 Å². The highest BCUT2D eigenvalue weighted by Gasteiger charge is 2.16. The van der Waals surface area contributed by atoms with Gasteiger partial charge < -0.3 is 10.2 Å². The molecule has 0 fully saturated rings. The number of benzene rings is 3. The van der Waals surface area contributed by atoms with E-state index in [1.165, 1.54) is 36.7 Å². The summed E-state index contributed by atoms with van der Waals surface area (Å²) in [4.78, 5) is 25.4. The summed E-state index contributed by atoms with van der Waals surface area (Å²) in [6.07, 6.45) is 3.46. The minimum Gasteiger partial charge on any atom is -0.372 e. The smallest absolute Gasteiger partial charge is 0.270 e. The van der Waals surface area contributed by atoms with Gasteiger partial charge in [-0.3, -0.25) is 14.9 Å². The highest BCUT2D eigenvalue weighted by molar-refractivity contribution is 6.34. The largest absolute Gasteiger partial charge is 0.372 e. The van der Waals surface area contributed by atoms with Gasteiger partial charge in [0.2, 0.25) is 0 Å². The van der Waals surface area contributed by atoms with Crippen molar-refractivity contribution in [1.82, 2.24) is 0 Å². The van der Waals surface area contributed by atoms with E-state index in [1.54, 1.807) is 12.1 Å². The van der Waals surface area contributed by atoms with Gasteiger partial charge in [0.05, 0.1) is 15.5 Å². The number of hydrogen-bond acceptors (Lipinski definition) is 4. The fourth-order valence-corrected chi connectivity index (χ4v) is 3.80. The number of nitro groups is 1. The number of nitrogens with zero attached hydrogens (tertiary/aromatic N) is 2. The van der Waals surface area contributed by atoms with Gasteiger partial charge in [-0.15, -0.1) is 0 Å². The molecule has 7 heteroatoms. The number of non-ortho nitro benzene ring substituents is 1. The Balaban J connectivity index is 1.71. The second kappa shape index (κ2) is 11.5. The predicted octanol–water partition coefficient (Wildman–Crippen LogP) is 7.18. The lowest BCUT2D eigenvalue weighted by atomic mass is 10.0. The minimum absolute atomic E-state index is 0.0604. The molecular weight excluding hydrogens is 438 g/mol. The van der Waals surface area contributed by atoms with E-state index in [1.807, 2.05) is 12.1 Å². The first kappa shape index (κ1) is 24.3. The van der Waals surface area contributed by atoms with Crippen LogP contribution in [0.15, 0.2) is 66.7 Å². The molecule has 0 aliphatic carbocycles. The summed E-state index contributed by atoms with van der Waals surface area (Å²) < 4.78 is 0. The Morgan fingerprint density at radius 1 is 0.939 bits per heavy atom. The first-order valence-electron chi connectivity index (χ1n) is 11.1. The first-order valence-corrected chi connectivity index (χ1v) is 11.5. The van der Waals surface area contributed by atoms with E-state index in [-0.39, 0.29) is 16.3 Å². The van der Waals surface area contributed by atoms with Crippen LogP contribution in [0.1, 0.15) is 43.5 Å². The molecule has 0 bridgehead atoms. The molecule has 0 saturated carbocycles. The molecular formula is C26H28ClN3O3. The summed E-state index contributed by atoms with van der Waals surface area (Å²) in [5.74, 6) is -0.496. The van der Waals surface area contributed by atoms with Crippen molar-refractivity contribution in [3.8, 4) is 11.1 Å². The van der Waals surface area contributed by atoms with Crippen molar-refractivity contribution in [3.05, 3.63) is 87.4 Å². The number of carbonyl (C=O) groups is 1. The SMILES string of the molecule is CCCCN(CCC)c1ccc(-c2ccc(NC(=O)c3cc([N+](=O)[O-])ccc3Cl)cc2)cc1. The van der Waals surface area contributed by atoms with Crippen LogP contribution in [-0.4, -0.2) is 23.9 Å². The maximum Gasteiger partial charge on any atom is 0.270 e. The Kier molecular flexibility index (Phi) is 8.44. The van der Waals surface area contributed by atoms with Gasteiger partial charge in [-0.25, -0.2) is 0 Å². The van der Waals surface area contributed by atoms with Crippen molar-refractivity contribution in [2.75, 3.05) is 23.3 Å². The molecule has 1 N–H and O–H groups in total. The van der Waals surface area contributed by atoms with Crippen LogP contribution in [-0.2, 0) is 0 Å². The van der Waals surface area contributed by atoms with Gasteiger partial charge in [0.25, 0.3) is 11.6 Å². The summed E-state index contributed by atoms with van der Waals surface area (Å²) in [6, 6.07) is 19.8. The molecule has 3 aromatic rings. The first-order chi connectivity index (χ1) is 15.9. The summed E-state index contributed by atoms with van der Waals surface area (Å²) in [6.45, 7) is 6.51. The van der Waals surface area contributed by atoms with Gasteiger partial charge in [0.1, 0.15) is 0 Å². The average Bonchev–Trinajstić information content (AvgIpc) is 2.82. The van der Waals surface area contributed by atoms with Crippen LogP contribution in [0.2, 0.25) is 5.02 Å². The fraction of sp³-hybridized carbons (Fsp3) is 0.269. The molecule has 0 radical (unpaired) electrons. The molecule has 172 valence electrons. The van der Waals surface area contributed by atoms with Crippen molar-refractivity contribution < 1.29 is 9.72 Å². The molecule has 0 atom stereocenters. The molecule has 3 aromatic carbocycles. The van der Waals surface area contributed by atoms with Crippen molar-refractivity contribution in [1.29, 1.82) is 0 Å². The van der Waals surface area contributed by atoms with E-state index in [2.05, 4.69) is 48.3 Å². The van der Waals surface area contributed by atoms with Gasteiger partial charge in [0.15, 0.2) is 0 Å². The van der Waals surface area contributed by atoms with Crippen LogP contribution in [0.5, 0.6) is 0 Å². The van der Waals surface area contributed by atoms with Crippen LogP contribution in [0.25, 0.3) is 11.1 Å². The van der Waals surface area contributed by atoms with E-state index in [0.29, 0.717) is 5.69 Å². The molecule has 0 aliphatic heterocycles. The highest BCUT2D eigenvalue weighted by Crippen LogP contribution is 2.26. The number of unbranched alkanes of at least 4 members (excludes halogenated alkanes) is 1. The lowest BCUT2D eigenvalue weighted by molar-refractivity contribution is -0.384. The van der Waals surface area contributed by atoms with E-state index < -0.39 is 10.8 Å². The van der Waals surface area contributed by atoms with Gasteiger partial charge in [-0.2, -0.15) is 0 Å². The van der Waals surface area contributed by atoms with Crippen molar-refractivity contribution in [2.45, 2.75) is 33.1 Å². The Hall–Kier alpha value is -3.38. The highest BCUT2D eigenvalue weighted by atomic mass is 35.5. The van der Waals surface area contributed by atoms with E-state index >= 15 is 0 Å². The summed E-state index contributed by atoms with van der Waals surface area (Å²) >= 11 is 6.06. The molecule has 33 heavy (non-hydrogen) atoms. The van der Waals surface area contributed by atoms with Crippen LogP contribution >= 0.6 is 11.6 Å². The zero-order valence-electron chi connectivity index (χ0n) is 18.9. The second-order valence-corrected chi connectivity index (χ2v) is 8.25. The van der Waals surface area contributed by atoms with Crippen LogP contribution < -0.4 is 10.2 Å². The standard InChI is InChI=1S/C26H28ClN3O3/c1-3-5-17-29(16-4-2)22-12-8-20(9-13-22)19-6-10-21(11-7-19)28-26(31)24-18-23(30(32)33)14-15-25(24)27/h6-15,18H,3-5,16-17H2,1-2H3,(H,28,31). The third-order valence-electron chi connectivity index (χ3n) is 5.39. The summed E-state index contributed by atoms with van der Waals surface area (Å²) in [7, 11) is 0. The Morgan fingerprint density at radius 2 is 1.58 bits per heavy atom. The van der Waals surface area contributed by atoms with Gasteiger partial charge >= 0.3 is 0 Å². The van der Waals surface area contributed by atoms with Gasteiger partial charge in [-0.1, -0.05) is 56.1 Å². The minimum atomic E-state index is -0.557. The predicted molar refractivity (Wildman–Crippen MR) is 135 cm³/mol. The number of nitrogens with one attached hydrogen (secondary N) is 1. The van der Waals surface area contributed by atoms with Crippen molar-refractivity contribution >= 4 is 34.6 Å². The van der Waals surface area contributed by atoms with Crippen molar-refractivity contribution in [3.63, 3.8) is 0 Å². The summed E-state index contributed by atoms with van der Waals surface area (Å²) in [5, 5.41) is 13.9. The zero-order valence-corrected chi connectivity index (χ0v) is 19.6. The third kappa shape index (κ3) is 6.33. The summed E-state index contributed by atoms with van der Waals surface area (Å²) in [5.41, 5.74) is 3.80. The zero-order chi connectivity index (χ0) is 23.8. The molecule has 0 spiro atoms. The number of halogens is 1. The van der Waals surface area contributed by atoms with E-state index in [9.17, 15) is 14.9 Å². The Morgan fingerprint density at radius 3 is 2.15 bits per heavy atom. The number of rotatable bonds is 10. The maximum atomic E-state index is 12.6. The molecule has 6 nitrogen and oxygen atoms in total. The Labute approximate surface area is 199 Å². The monoisotopic (exact) mass is 465 g/mol. The number of carbonyl (C=O) groups excluding carboxylic acids is 1. The number of amides is 1. The normalized spacial score (nSPS) is 10.6. The molecule has 0 aromatic heterocycles. The molecule has 0 saturated heterocycles. The Bertz CT molecular complexity index is 1100. The van der Waals surface area contributed by atoms with Gasteiger partial charge in [-0.05, 0) is 54.3 Å². The number of anilines is 2. The van der Waals surface area contributed by atoms with Crippen LogP contribution in [0, 0.1) is 10.1 Å². The average molecular weight is 466 g/mol. The fourth-order valence-electron chi connectivity index (χ4n) is 3.60. The third-order valence-corrected chi connectivity index (χ3v) is 5.72. The number of nitro benzene ring substituents is 1. The quantitative estimate of drug-likeness (QED) is 0.254. The molecule has 0 heterocycles. The van der Waals surface area contributed by atoms with Crippen LogP contribution in [0.3, 0.4) is 0 Å². The number of hydrogen-bond donors (Lipinski definition) is 1. The van der Waals surface area contributed by atoms with Crippen LogP contribution in [0.4, 0.5) is 17.1 Å². The molecule has 1 amide bonds. The maximum absolute atomic E-state index is 12.6. The van der Waals surface area contributed by atoms with E-state index in [4.69, 9.17) is 11.6 Å².